The van der Waals surface area contributed by atoms with Gasteiger partial charge in [0.1, 0.15) is 0 Å². The minimum atomic E-state index is -4.75. The van der Waals surface area contributed by atoms with E-state index < -0.39 is 47.5 Å². The Bertz CT molecular complexity index is 523. The van der Waals surface area contributed by atoms with Crippen molar-refractivity contribution in [3.05, 3.63) is 29.3 Å². The number of anilines is 1. The number of nitrogens with one attached hydrogen (secondary N) is 1. The Hall–Kier alpha value is -1.93. The standard InChI is InChI=1S/C12H12F6N2O/c1-6(5-11(13,14)15)20-10(21)7-2-3-9(19)8(4-7)12(16,17)18/h2-4,6H,5,19H2,1H3,(H,20,21). The first-order chi connectivity index (χ1) is 9.40. The topological polar surface area (TPSA) is 55.1 Å². The third kappa shape index (κ3) is 5.16. The molecule has 1 rings (SSSR count). The van der Waals surface area contributed by atoms with Crippen LogP contribution in [0.5, 0.6) is 0 Å². The average molecular weight is 314 g/mol. The first-order valence-corrected chi connectivity index (χ1v) is 5.74. The molecule has 0 fully saturated rings. The minimum absolute atomic E-state index is 0.412. The van der Waals surface area contributed by atoms with E-state index in [9.17, 15) is 31.1 Å². The molecule has 0 aliphatic carbocycles. The molecule has 0 spiro atoms. The van der Waals surface area contributed by atoms with Crippen molar-refractivity contribution in [1.29, 1.82) is 0 Å². The van der Waals surface area contributed by atoms with Gasteiger partial charge in [-0.05, 0) is 25.1 Å². The van der Waals surface area contributed by atoms with Gasteiger partial charge in [-0.2, -0.15) is 26.3 Å². The van der Waals surface area contributed by atoms with E-state index in [0.717, 1.165) is 19.1 Å². The van der Waals surface area contributed by atoms with Crippen LogP contribution in [0.15, 0.2) is 18.2 Å². The van der Waals surface area contributed by atoms with Crippen molar-refractivity contribution in [3.8, 4) is 0 Å². The second-order valence-corrected chi connectivity index (χ2v) is 4.49. The predicted molar refractivity (Wildman–Crippen MR) is 63.5 cm³/mol. The van der Waals surface area contributed by atoms with Crippen LogP contribution in [-0.4, -0.2) is 18.1 Å². The first kappa shape index (κ1) is 17.1. The van der Waals surface area contributed by atoms with E-state index >= 15 is 0 Å². The Labute approximate surface area is 116 Å². The van der Waals surface area contributed by atoms with Crippen LogP contribution in [-0.2, 0) is 6.18 Å². The summed E-state index contributed by atoms with van der Waals surface area (Å²) in [6, 6.07) is 1.14. The van der Waals surface area contributed by atoms with Gasteiger partial charge in [-0.1, -0.05) is 0 Å². The van der Waals surface area contributed by atoms with Gasteiger partial charge in [0.25, 0.3) is 5.91 Å². The highest BCUT2D eigenvalue weighted by Gasteiger charge is 2.34. The number of nitrogens with two attached hydrogens (primary N) is 1. The Morgan fingerprint density at radius 2 is 1.81 bits per heavy atom. The maximum absolute atomic E-state index is 12.6. The highest BCUT2D eigenvalue weighted by molar-refractivity contribution is 5.95. The molecule has 0 radical (unpaired) electrons. The fourth-order valence-corrected chi connectivity index (χ4v) is 1.65. The Morgan fingerprint density at radius 3 is 2.29 bits per heavy atom. The van der Waals surface area contributed by atoms with Gasteiger partial charge in [-0.15, -0.1) is 0 Å². The zero-order chi connectivity index (χ0) is 16.4. The molecule has 1 aromatic rings. The number of carbonyl (C=O) groups is 1. The maximum atomic E-state index is 12.6. The van der Waals surface area contributed by atoms with Crippen LogP contribution in [0.25, 0.3) is 0 Å². The van der Waals surface area contributed by atoms with Gasteiger partial charge in [-0.3, -0.25) is 4.79 Å². The lowest BCUT2D eigenvalue weighted by atomic mass is 10.1. The Balaban J connectivity index is 2.89. The summed E-state index contributed by atoms with van der Waals surface area (Å²) in [4.78, 5) is 11.6. The molecule has 0 aliphatic rings. The second-order valence-electron chi connectivity index (χ2n) is 4.49. The summed E-state index contributed by atoms with van der Waals surface area (Å²) in [7, 11) is 0. The molecule has 118 valence electrons. The summed E-state index contributed by atoms with van der Waals surface area (Å²) in [6.07, 6.45) is -10.5. The van der Waals surface area contributed by atoms with Crippen molar-refractivity contribution >= 4 is 11.6 Å². The summed E-state index contributed by atoms with van der Waals surface area (Å²) in [6.45, 7) is 1.10. The smallest absolute Gasteiger partial charge is 0.398 e. The molecular formula is C12H12F6N2O. The van der Waals surface area contributed by atoms with E-state index in [1.165, 1.54) is 0 Å². The molecule has 0 heterocycles. The molecule has 1 atom stereocenters. The van der Waals surface area contributed by atoms with Crippen LogP contribution < -0.4 is 11.1 Å². The van der Waals surface area contributed by atoms with Crippen LogP contribution >= 0.6 is 0 Å². The number of halogens is 6. The van der Waals surface area contributed by atoms with E-state index in [-0.39, 0.29) is 0 Å². The summed E-state index contributed by atoms with van der Waals surface area (Å²) in [5, 5.41) is 1.98. The van der Waals surface area contributed by atoms with Gasteiger partial charge < -0.3 is 11.1 Å². The zero-order valence-corrected chi connectivity index (χ0v) is 10.8. The van der Waals surface area contributed by atoms with Gasteiger partial charge in [0.2, 0.25) is 0 Å². The number of carbonyl (C=O) groups excluding carboxylic acids is 1. The Morgan fingerprint density at radius 1 is 1.24 bits per heavy atom. The number of amides is 1. The van der Waals surface area contributed by atoms with E-state index in [4.69, 9.17) is 5.73 Å². The molecule has 0 aromatic heterocycles. The van der Waals surface area contributed by atoms with Crippen LogP contribution in [0.4, 0.5) is 32.0 Å². The molecule has 3 nitrogen and oxygen atoms in total. The molecule has 0 saturated heterocycles. The summed E-state index contributed by atoms with van der Waals surface area (Å²) in [5.74, 6) is -1.03. The van der Waals surface area contributed by atoms with Gasteiger partial charge in [0.15, 0.2) is 0 Å². The second kappa shape index (κ2) is 5.82. The summed E-state index contributed by atoms with van der Waals surface area (Å²) >= 11 is 0. The largest absolute Gasteiger partial charge is 0.418 e. The van der Waals surface area contributed by atoms with Crippen molar-refractivity contribution in [3.63, 3.8) is 0 Å². The normalized spacial score (nSPS) is 13.9. The highest BCUT2D eigenvalue weighted by Crippen LogP contribution is 2.34. The highest BCUT2D eigenvalue weighted by atomic mass is 19.4. The van der Waals surface area contributed by atoms with Crippen LogP contribution in [0.3, 0.4) is 0 Å². The van der Waals surface area contributed by atoms with Crippen LogP contribution in [0, 0.1) is 0 Å². The lowest BCUT2D eigenvalue weighted by Gasteiger charge is -2.17. The maximum Gasteiger partial charge on any atom is 0.418 e. The number of nitrogen functional groups attached to an aromatic ring is 1. The van der Waals surface area contributed by atoms with Crippen molar-refractivity contribution in [2.75, 3.05) is 5.73 Å². The van der Waals surface area contributed by atoms with Crippen molar-refractivity contribution in [2.24, 2.45) is 0 Å². The third-order valence-electron chi connectivity index (χ3n) is 2.54. The predicted octanol–water partition coefficient (Wildman–Crippen LogP) is 3.36. The molecule has 0 bridgehead atoms. The van der Waals surface area contributed by atoms with E-state index in [2.05, 4.69) is 0 Å². The fraction of sp³-hybridized carbons (Fsp3) is 0.417. The van der Waals surface area contributed by atoms with Gasteiger partial charge in [0.05, 0.1) is 12.0 Å². The zero-order valence-electron chi connectivity index (χ0n) is 10.8. The minimum Gasteiger partial charge on any atom is -0.398 e. The molecular weight excluding hydrogens is 302 g/mol. The number of hydrogen-bond donors (Lipinski definition) is 2. The van der Waals surface area contributed by atoms with E-state index in [1.807, 2.05) is 5.32 Å². The van der Waals surface area contributed by atoms with E-state index in [0.29, 0.717) is 6.07 Å². The molecule has 0 aliphatic heterocycles. The monoisotopic (exact) mass is 314 g/mol. The molecule has 1 amide bonds. The third-order valence-corrected chi connectivity index (χ3v) is 2.54. The summed E-state index contributed by atoms with van der Waals surface area (Å²) in [5.41, 5.74) is 2.97. The number of rotatable bonds is 3. The average Bonchev–Trinajstić information content (AvgIpc) is 2.24. The van der Waals surface area contributed by atoms with Crippen molar-refractivity contribution in [2.45, 2.75) is 31.7 Å². The van der Waals surface area contributed by atoms with Crippen molar-refractivity contribution < 1.29 is 31.1 Å². The van der Waals surface area contributed by atoms with Gasteiger partial charge in [0, 0.05) is 17.3 Å². The number of benzene rings is 1. The molecule has 21 heavy (non-hydrogen) atoms. The van der Waals surface area contributed by atoms with Gasteiger partial charge >= 0.3 is 12.4 Å². The molecule has 1 unspecified atom stereocenters. The first-order valence-electron chi connectivity index (χ1n) is 5.74. The lowest BCUT2D eigenvalue weighted by molar-refractivity contribution is -0.138. The quantitative estimate of drug-likeness (QED) is 0.664. The molecule has 0 saturated carbocycles. The van der Waals surface area contributed by atoms with Crippen LogP contribution in [0.2, 0.25) is 0 Å². The van der Waals surface area contributed by atoms with Crippen molar-refractivity contribution in [1.82, 2.24) is 5.32 Å². The number of alkyl halides is 6. The molecule has 3 N–H and O–H groups in total. The summed E-state index contributed by atoms with van der Waals surface area (Å²) < 4.78 is 74.2. The fourth-order valence-electron chi connectivity index (χ4n) is 1.65. The molecule has 1 aromatic carbocycles. The van der Waals surface area contributed by atoms with E-state index in [1.54, 1.807) is 0 Å². The van der Waals surface area contributed by atoms with Gasteiger partial charge in [-0.25, -0.2) is 0 Å². The SMILES string of the molecule is CC(CC(F)(F)F)NC(=O)c1ccc(N)c(C(F)(F)F)c1. The lowest BCUT2D eigenvalue weighted by Crippen LogP contribution is -2.36. The number of hydrogen-bond acceptors (Lipinski definition) is 2. The van der Waals surface area contributed by atoms with Crippen LogP contribution in [0.1, 0.15) is 29.3 Å². The Kier molecular flexibility index (Phi) is 4.75. The molecule has 9 heteroatoms.